The highest BCUT2D eigenvalue weighted by Crippen LogP contribution is 2.28. The monoisotopic (exact) mass is 290 g/mol. The third kappa shape index (κ3) is 3.05. The lowest BCUT2D eigenvalue weighted by Gasteiger charge is -2.14. The smallest absolute Gasteiger partial charge is 0.404 e. The Morgan fingerprint density at radius 3 is 2.63 bits per heavy atom. The van der Waals surface area contributed by atoms with Crippen molar-refractivity contribution < 1.29 is 17.9 Å². The molecular formula is C11H6ClF3N2O2. The topological polar surface area (TPSA) is 44.1 Å². The molecule has 0 saturated heterocycles. The maximum Gasteiger partial charge on any atom is 0.573 e. The average molecular weight is 291 g/mol. The Bertz CT molecular complexity index is 655. The largest absolute Gasteiger partial charge is 0.573 e. The molecule has 1 heterocycles. The number of hydrogen-bond donors (Lipinski definition) is 0. The maximum absolute atomic E-state index is 12.3. The molecule has 19 heavy (non-hydrogen) atoms. The third-order valence-corrected chi connectivity index (χ3v) is 2.41. The molecule has 0 saturated carbocycles. The molecule has 0 aliphatic heterocycles. The van der Waals surface area contributed by atoms with E-state index in [0.29, 0.717) is 0 Å². The molecule has 1 aromatic carbocycles. The van der Waals surface area contributed by atoms with E-state index < -0.39 is 17.7 Å². The zero-order valence-electron chi connectivity index (χ0n) is 9.19. The van der Waals surface area contributed by atoms with Crippen LogP contribution in [0.15, 0.2) is 41.5 Å². The lowest BCUT2D eigenvalue weighted by molar-refractivity contribution is -0.274. The van der Waals surface area contributed by atoms with E-state index in [1.54, 1.807) is 0 Å². The average Bonchev–Trinajstić information content (AvgIpc) is 2.32. The van der Waals surface area contributed by atoms with Gasteiger partial charge in [-0.1, -0.05) is 23.7 Å². The van der Waals surface area contributed by atoms with Crippen LogP contribution >= 0.6 is 11.6 Å². The van der Waals surface area contributed by atoms with Gasteiger partial charge < -0.3 is 4.74 Å². The molecule has 1 aromatic heterocycles. The second-order valence-electron chi connectivity index (χ2n) is 3.41. The first kappa shape index (κ1) is 13.4. The van der Waals surface area contributed by atoms with E-state index in [1.807, 2.05) is 0 Å². The van der Waals surface area contributed by atoms with Gasteiger partial charge in [0.05, 0.1) is 5.69 Å². The number of benzene rings is 1. The van der Waals surface area contributed by atoms with Gasteiger partial charge in [-0.3, -0.25) is 9.36 Å². The summed E-state index contributed by atoms with van der Waals surface area (Å²) in [6, 6.07) is 5.24. The minimum Gasteiger partial charge on any atom is -0.404 e. The third-order valence-electron chi connectivity index (χ3n) is 2.15. The molecule has 0 bridgehead atoms. The van der Waals surface area contributed by atoms with Crippen molar-refractivity contribution in [2.24, 2.45) is 0 Å². The van der Waals surface area contributed by atoms with E-state index in [2.05, 4.69) is 9.72 Å². The highest BCUT2D eigenvalue weighted by molar-refractivity contribution is 6.29. The molecule has 100 valence electrons. The molecule has 2 aromatic rings. The number of ether oxygens (including phenoxy) is 1. The van der Waals surface area contributed by atoms with Crippen LogP contribution in [0.2, 0.25) is 5.15 Å². The lowest BCUT2D eigenvalue weighted by atomic mass is 10.3. The first-order valence-corrected chi connectivity index (χ1v) is 5.34. The van der Waals surface area contributed by atoms with Crippen LogP contribution in [0.4, 0.5) is 13.2 Å². The minimum absolute atomic E-state index is 0.0749. The Morgan fingerprint density at radius 1 is 1.26 bits per heavy atom. The number of aromatic nitrogens is 2. The fourth-order valence-electron chi connectivity index (χ4n) is 1.44. The summed E-state index contributed by atoms with van der Waals surface area (Å²) in [5.74, 6) is -0.501. The molecule has 2 rings (SSSR count). The fraction of sp³-hybridized carbons (Fsp3) is 0.0909. The van der Waals surface area contributed by atoms with Crippen molar-refractivity contribution in [1.82, 2.24) is 9.55 Å². The Morgan fingerprint density at radius 2 is 1.95 bits per heavy atom. The standard InChI is InChI=1S/C11H6ClF3N2O2/c12-9-10(18)17(6-5-16-9)7-3-1-2-4-8(7)19-11(13,14)15/h1-6H. The molecule has 8 heteroatoms. The first-order chi connectivity index (χ1) is 8.88. The van der Waals surface area contributed by atoms with Crippen molar-refractivity contribution in [3.8, 4) is 11.4 Å². The van der Waals surface area contributed by atoms with Gasteiger partial charge in [0.1, 0.15) is 0 Å². The van der Waals surface area contributed by atoms with Gasteiger partial charge >= 0.3 is 6.36 Å². The zero-order valence-corrected chi connectivity index (χ0v) is 9.94. The van der Waals surface area contributed by atoms with Crippen LogP contribution in [-0.2, 0) is 0 Å². The van der Waals surface area contributed by atoms with E-state index in [4.69, 9.17) is 11.6 Å². The summed E-state index contributed by atoms with van der Waals surface area (Å²) in [5, 5.41) is -0.343. The summed E-state index contributed by atoms with van der Waals surface area (Å²) in [5.41, 5.74) is -0.809. The molecule has 0 N–H and O–H groups in total. The SMILES string of the molecule is O=c1c(Cl)nccn1-c1ccccc1OC(F)(F)F. The zero-order chi connectivity index (χ0) is 14.0. The molecule has 4 nitrogen and oxygen atoms in total. The number of para-hydroxylation sites is 2. The van der Waals surface area contributed by atoms with Crippen LogP contribution in [0.5, 0.6) is 5.75 Å². The molecule has 0 amide bonds. The van der Waals surface area contributed by atoms with Crippen LogP contribution in [0, 0.1) is 0 Å². The van der Waals surface area contributed by atoms with Gasteiger partial charge in [-0.05, 0) is 12.1 Å². The second-order valence-corrected chi connectivity index (χ2v) is 3.77. The first-order valence-electron chi connectivity index (χ1n) is 4.97. The van der Waals surface area contributed by atoms with Crippen molar-refractivity contribution in [3.63, 3.8) is 0 Å². The van der Waals surface area contributed by atoms with Crippen LogP contribution in [0.1, 0.15) is 0 Å². The van der Waals surface area contributed by atoms with Crippen LogP contribution < -0.4 is 10.3 Å². The summed E-state index contributed by atoms with van der Waals surface area (Å²) >= 11 is 5.54. The van der Waals surface area contributed by atoms with Gasteiger partial charge in [-0.25, -0.2) is 4.98 Å². The van der Waals surface area contributed by atoms with Gasteiger partial charge in [-0.15, -0.1) is 13.2 Å². The van der Waals surface area contributed by atoms with E-state index >= 15 is 0 Å². The number of halogens is 4. The Balaban J connectivity index is 2.57. The molecule has 0 aliphatic carbocycles. The van der Waals surface area contributed by atoms with Crippen molar-refractivity contribution in [1.29, 1.82) is 0 Å². The van der Waals surface area contributed by atoms with E-state index in [1.165, 1.54) is 30.6 Å². The quantitative estimate of drug-likeness (QED) is 0.854. The van der Waals surface area contributed by atoms with Crippen molar-refractivity contribution in [3.05, 3.63) is 52.2 Å². The molecule has 0 aliphatic rings. The van der Waals surface area contributed by atoms with Gasteiger partial charge in [0.2, 0.25) is 0 Å². The molecule has 0 spiro atoms. The van der Waals surface area contributed by atoms with Crippen molar-refractivity contribution >= 4 is 11.6 Å². The number of rotatable bonds is 2. The second kappa shape index (κ2) is 4.93. The van der Waals surface area contributed by atoms with Crippen molar-refractivity contribution in [2.75, 3.05) is 0 Å². The maximum atomic E-state index is 12.3. The Labute approximate surface area is 110 Å². The summed E-state index contributed by atoms with van der Waals surface area (Å²) in [4.78, 5) is 15.3. The predicted molar refractivity (Wildman–Crippen MR) is 61.5 cm³/mol. The van der Waals surface area contributed by atoms with Crippen LogP contribution in [0.3, 0.4) is 0 Å². The van der Waals surface area contributed by atoms with Crippen LogP contribution in [-0.4, -0.2) is 15.9 Å². The molecule has 0 atom stereocenters. The lowest BCUT2D eigenvalue weighted by Crippen LogP contribution is -2.22. The Kier molecular flexibility index (Phi) is 3.48. The summed E-state index contributed by atoms with van der Waals surface area (Å²) < 4.78 is 41.6. The van der Waals surface area contributed by atoms with Gasteiger partial charge in [0.15, 0.2) is 10.9 Å². The van der Waals surface area contributed by atoms with Gasteiger partial charge in [0, 0.05) is 12.4 Å². The normalized spacial score (nSPS) is 11.4. The summed E-state index contributed by atoms with van der Waals surface area (Å²) in [6.07, 6.45) is -2.45. The number of alkyl halides is 3. The molecule has 0 radical (unpaired) electrons. The number of hydrogen-bond acceptors (Lipinski definition) is 3. The molecular weight excluding hydrogens is 285 g/mol. The fourth-order valence-corrected chi connectivity index (χ4v) is 1.59. The number of nitrogens with zero attached hydrogens (tertiary/aromatic N) is 2. The summed E-state index contributed by atoms with van der Waals surface area (Å²) in [6.45, 7) is 0. The molecule has 0 fully saturated rings. The highest BCUT2D eigenvalue weighted by atomic mass is 35.5. The van der Waals surface area contributed by atoms with Gasteiger partial charge in [-0.2, -0.15) is 0 Å². The van der Waals surface area contributed by atoms with E-state index in [-0.39, 0.29) is 10.8 Å². The van der Waals surface area contributed by atoms with E-state index in [9.17, 15) is 18.0 Å². The summed E-state index contributed by atoms with van der Waals surface area (Å²) in [7, 11) is 0. The minimum atomic E-state index is -4.85. The molecule has 0 unspecified atom stereocenters. The van der Waals surface area contributed by atoms with Gasteiger partial charge in [0.25, 0.3) is 5.56 Å². The highest BCUT2D eigenvalue weighted by Gasteiger charge is 2.32. The van der Waals surface area contributed by atoms with Crippen molar-refractivity contribution in [2.45, 2.75) is 6.36 Å². The predicted octanol–water partition coefficient (Wildman–Crippen LogP) is 2.78. The van der Waals surface area contributed by atoms with Crippen LogP contribution in [0.25, 0.3) is 5.69 Å². The van der Waals surface area contributed by atoms with E-state index in [0.717, 1.165) is 10.6 Å². The Hall–Kier alpha value is -2.02.